The van der Waals surface area contributed by atoms with Crippen molar-refractivity contribution in [2.75, 3.05) is 13.7 Å². The summed E-state index contributed by atoms with van der Waals surface area (Å²) in [5.41, 5.74) is 5.60. The van der Waals surface area contributed by atoms with Crippen LogP contribution in [0, 0.1) is 5.92 Å². The van der Waals surface area contributed by atoms with Crippen molar-refractivity contribution in [3.8, 4) is 11.5 Å². The molecule has 2 amide bonds. The zero-order valence-electron chi connectivity index (χ0n) is 15.0. The van der Waals surface area contributed by atoms with Crippen LogP contribution in [0.2, 0.25) is 0 Å². The van der Waals surface area contributed by atoms with Gasteiger partial charge in [0, 0.05) is 11.6 Å². The van der Waals surface area contributed by atoms with Crippen LogP contribution in [0.15, 0.2) is 18.2 Å². The molecule has 1 aromatic rings. The summed E-state index contributed by atoms with van der Waals surface area (Å²) in [7, 11) is 1.49. The minimum absolute atomic E-state index is 0.104. The summed E-state index contributed by atoms with van der Waals surface area (Å²) < 4.78 is 10.5. The maximum absolute atomic E-state index is 12.6. The van der Waals surface area contributed by atoms with Crippen molar-refractivity contribution >= 4 is 11.8 Å². The monoisotopic (exact) mass is 348 g/mol. The normalized spacial score (nSPS) is 19.4. The highest BCUT2D eigenvalue weighted by molar-refractivity contribution is 5.95. The van der Waals surface area contributed by atoms with E-state index in [0.717, 1.165) is 6.42 Å². The average Bonchev–Trinajstić information content (AvgIpc) is 3.04. The molecule has 2 unspecified atom stereocenters. The Morgan fingerprint density at radius 1 is 1.28 bits per heavy atom. The lowest BCUT2D eigenvalue weighted by Crippen LogP contribution is -2.37. The quantitative estimate of drug-likeness (QED) is 0.718. The van der Waals surface area contributed by atoms with Gasteiger partial charge in [-0.3, -0.25) is 9.59 Å². The van der Waals surface area contributed by atoms with Crippen LogP contribution in [-0.4, -0.2) is 31.6 Å². The number of nitrogens with one attached hydrogen (secondary N) is 1. The third kappa shape index (κ3) is 5.37. The number of hydrogen-bond donors (Lipinski definition) is 2. The van der Waals surface area contributed by atoms with E-state index in [1.165, 1.54) is 39.2 Å². The molecule has 3 N–H and O–H groups in total. The SMILES string of the molecule is CCCCC1CCCC1NC(=O)c1ccc(OCC(N)=O)c(OC)c1. The minimum atomic E-state index is -0.566. The number of amides is 2. The van der Waals surface area contributed by atoms with Crippen LogP contribution in [0.5, 0.6) is 11.5 Å². The van der Waals surface area contributed by atoms with Crippen LogP contribution in [0.4, 0.5) is 0 Å². The Morgan fingerprint density at radius 2 is 2.08 bits per heavy atom. The van der Waals surface area contributed by atoms with Crippen LogP contribution in [0.3, 0.4) is 0 Å². The van der Waals surface area contributed by atoms with E-state index in [-0.39, 0.29) is 18.6 Å². The number of benzene rings is 1. The molecule has 0 radical (unpaired) electrons. The van der Waals surface area contributed by atoms with Crippen molar-refractivity contribution in [1.29, 1.82) is 0 Å². The van der Waals surface area contributed by atoms with Gasteiger partial charge in [0.2, 0.25) is 0 Å². The Kier molecular flexibility index (Phi) is 7.10. The van der Waals surface area contributed by atoms with E-state index >= 15 is 0 Å². The summed E-state index contributed by atoms with van der Waals surface area (Å²) in [6, 6.07) is 5.17. The summed E-state index contributed by atoms with van der Waals surface area (Å²) in [6.07, 6.45) is 6.95. The van der Waals surface area contributed by atoms with Crippen molar-refractivity contribution in [3.05, 3.63) is 23.8 Å². The third-order valence-corrected chi connectivity index (χ3v) is 4.70. The molecule has 2 atom stereocenters. The number of primary amides is 1. The second-order valence-corrected chi connectivity index (χ2v) is 6.53. The van der Waals surface area contributed by atoms with Gasteiger partial charge >= 0.3 is 0 Å². The van der Waals surface area contributed by atoms with E-state index in [4.69, 9.17) is 15.2 Å². The molecule has 2 rings (SSSR count). The van der Waals surface area contributed by atoms with Crippen molar-refractivity contribution in [3.63, 3.8) is 0 Å². The lowest BCUT2D eigenvalue weighted by molar-refractivity contribution is -0.119. The van der Waals surface area contributed by atoms with E-state index in [1.54, 1.807) is 18.2 Å². The Balaban J connectivity index is 2.02. The molecule has 6 nitrogen and oxygen atoms in total. The smallest absolute Gasteiger partial charge is 0.255 e. The van der Waals surface area contributed by atoms with E-state index in [1.807, 2.05) is 0 Å². The molecular weight excluding hydrogens is 320 g/mol. The first kappa shape index (κ1) is 19.1. The predicted octanol–water partition coefficient (Wildman–Crippen LogP) is 2.65. The number of carbonyl (C=O) groups excluding carboxylic acids is 2. The number of hydrogen-bond acceptors (Lipinski definition) is 4. The van der Waals surface area contributed by atoms with Crippen molar-refractivity contribution in [2.24, 2.45) is 11.7 Å². The van der Waals surface area contributed by atoms with Gasteiger partial charge in [0.05, 0.1) is 7.11 Å². The fourth-order valence-corrected chi connectivity index (χ4v) is 3.37. The molecule has 0 saturated heterocycles. The van der Waals surface area contributed by atoms with Gasteiger partial charge in [-0.15, -0.1) is 0 Å². The van der Waals surface area contributed by atoms with Crippen molar-refractivity contribution < 1.29 is 19.1 Å². The third-order valence-electron chi connectivity index (χ3n) is 4.70. The van der Waals surface area contributed by atoms with Crippen LogP contribution >= 0.6 is 0 Å². The second kappa shape index (κ2) is 9.30. The van der Waals surface area contributed by atoms with Gasteiger partial charge in [0.25, 0.3) is 11.8 Å². The number of ether oxygens (including phenoxy) is 2. The molecule has 1 fully saturated rings. The van der Waals surface area contributed by atoms with E-state index < -0.39 is 5.91 Å². The van der Waals surface area contributed by atoms with Crippen LogP contribution in [0.25, 0.3) is 0 Å². The average molecular weight is 348 g/mol. The summed E-state index contributed by atoms with van der Waals surface area (Å²) in [4.78, 5) is 23.4. The fraction of sp³-hybridized carbons (Fsp3) is 0.579. The Hall–Kier alpha value is -2.24. The molecule has 1 aliphatic carbocycles. The Labute approximate surface area is 149 Å². The number of carbonyl (C=O) groups is 2. The highest BCUT2D eigenvalue weighted by atomic mass is 16.5. The predicted molar refractivity (Wildman–Crippen MR) is 95.8 cm³/mol. The van der Waals surface area contributed by atoms with Gasteiger partial charge in [-0.05, 0) is 43.4 Å². The summed E-state index contributed by atoms with van der Waals surface area (Å²) >= 11 is 0. The molecule has 6 heteroatoms. The molecule has 0 spiro atoms. The molecule has 0 aliphatic heterocycles. The molecule has 1 saturated carbocycles. The Morgan fingerprint density at radius 3 is 2.76 bits per heavy atom. The highest BCUT2D eigenvalue weighted by Gasteiger charge is 2.28. The number of unbranched alkanes of at least 4 members (excludes halogenated alkanes) is 1. The molecule has 1 aromatic carbocycles. The standard InChI is InChI=1S/C19H28N2O4/c1-3-4-6-13-7-5-8-15(13)21-19(23)14-9-10-16(17(11-14)24-2)25-12-18(20)22/h9-11,13,15H,3-8,12H2,1-2H3,(H2,20,22)(H,21,23). The van der Waals surface area contributed by atoms with Crippen molar-refractivity contribution in [1.82, 2.24) is 5.32 Å². The largest absolute Gasteiger partial charge is 0.493 e. The topological polar surface area (TPSA) is 90.6 Å². The number of nitrogens with two attached hydrogens (primary N) is 1. The van der Waals surface area contributed by atoms with Gasteiger partial charge in [-0.2, -0.15) is 0 Å². The number of rotatable bonds is 9. The van der Waals surface area contributed by atoms with Crippen LogP contribution in [-0.2, 0) is 4.79 Å². The van der Waals surface area contributed by atoms with Gasteiger partial charge in [0.1, 0.15) is 0 Å². The zero-order valence-corrected chi connectivity index (χ0v) is 15.0. The van der Waals surface area contributed by atoms with Crippen molar-refractivity contribution in [2.45, 2.75) is 51.5 Å². The zero-order chi connectivity index (χ0) is 18.2. The molecule has 0 heterocycles. The Bertz CT molecular complexity index is 603. The lowest BCUT2D eigenvalue weighted by Gasteiger charge is -2.21. The summed E-state index contributed by atoms with van der Waals surface area (Å²) in [6.45, 7) is 1.96. The maximum Gasteiger partial charge on any atom is 0.255 e. The van der Waals surface area contributed by atoms with Gasteiger partial charge < -0.3 is 20.5 Å². The lowest BCUT2D eigenvalue weighted by atomic mass is 9.96. The summed E-state index contributed by atoms with van der Waals surface area (Å²) in [5.74, 6) is 0.697. The van der Waals surface area contributed by atoms with Gasteiger partial charge in [-0.25, -0.2) is 0 Å². The first-order chi connectivity index (χ1) is 12.0. The van der Waals surface area contributed by atoms with Gasteiger partial charge in [0.15, 0.2) is 18.1 Å². The first-order valence-electron chi connectivity index (χ1n) is 8.95. The van der Waals surface area contributed by atoms with E-state index in [9.17, 15) is 9.59 Å². The van der Waals surface area contributed by atoms with Crippen LogP contribution < -0.4 is 20.5 Å². The molecule has 0 bridgehead atoms. The molecule has 0 aromatic heterocycles. The second-order valence-electron chi connectivity index (χ2n) is 6.53. The van der Waals surface area contributed by atoms with E-state index in [2.05, 4.69) is 12.2 Å². The summed E-state index contributed by atoms with van der Waals surface area (Å²) in [5, 5.41) is 3.17. The number of methoxy groups -OCH3 is 1. The maximum atomic E-state index is 12.6. The molecular formula is C19H28N2O4. The van der Waals surface area contributed by atoms with Gasteiger partial charge in [-0.1, -0.05) is 26.2 Å². The highest BCUT2D eigenvalue weighted by Crippen LogP contribution is 2.31. The van der Waals surface area contributed by atoms with E-state index in [0.29, 0.717) is 23.0 Å². The van der Waals surface area contributed by atoms with Crippen LogP contribution in [0.1, 0.15) is 55.8 Å². The minimum Gasteiger partial charge on any atom is -0.493 e. The molecule has 138 valence electrons. The first-order valence-corrected chi connectivity index (χ1v) is 8.95. The molecule has 25 heavy (non-hydrogen) atoms. The molecule has 1 aliphatic rings. The fourth-order valence-electron chi connectivity index (χ4n) is 3.37.